The molecule has 1 aromatic rings. The second-order valence-electron chi connectivity index (χ2n) is 5.23. The summed E-state index contributed by atoms with van der Waals surface area (Å²) in [5.74, 6) is 1.34. The maximum atomic E-state index is 13.2. The highest BCUT2D eigenvalue weighted by molar-refractivity contribution is 8.14. The molecule has 1 aliphatic heterocycles. The lowest BCUT2D eigenvalue weighted by atomic mass is 9.86. The van der Waals surface area contributed by atoms with Gasteiger partial charge in [-0.15, -0.1) is 0 Å². The van der Waals surface area contributed by atoms with E-state index in [1.165, 1.54) is 31.4 Å². The fourth-order valence-electron chi connectivity index (χ4n) is 2.76. The molecule has 1 aromatic carbocycles. The Bertz CT molecular complexity index is 527. The number of anilines is 1. The van der Waals surface area contributed by atoms with Crippen molar-refractivity contribution >= 4 is 45.8 Å². The molecule has 0 spiro atoms. The van der Waals surface area contributed by atoms with Gasteiger partial charge in [0.05, 0.1) is 21.8 Å². The monoisotopic (exact) mass is 332 g/mol. The van der Waals surface area contributed by atoms with Crippen molar-refractivity contribution in [2.24, 2.45) is 10.9 Å². The molecule has 0 saturated heterocycles. The van der Waals surface area contributed by atoms with Crippen molar-refractivity contribution in [1.82, 2.24) is 0 Å². The standard InChI is InChI=1S/C14H15Cl2FN2S/c15-10-5-9(17)6-11(16)13(10)19-14-18-12-4-2-1-3-8(12)7-20-14/h5-6,8,12H,1-4,7H2,(H,18,19). The van der Waals surface area contributed by atoms with Crippen LogP contribution in [0.2, 0.25) is 10.0 Å². The van der Waals surface area contributed by atoms with Gasteiger partial charge < -0.3 is 5.32 Å². The fraction of sp³-hybridized carbons (Fsp3) is 0.500. The van der Waals surface area contributed by atoms with Crippen molar-refractivity contribution in [3.63, 3.8) is 0 Å². The average molecular weight is 333 g/mol. The van der Waals surface area contributed by atoms with E-state index in [1.807, 2.05) is 0 Å². The van der Waals surface area contributed by atoms with Crippen LogP contribution in [0.15, 0.2) is 17.1 Å². The van der Waals surface area contributed by atoms with Gasteiger partial charge in [-0.1, -0.05) is 47.8 Å². The number of fused-ring (bicyclic) bond motifs is 1. The third-order valence-electron chi connectivity index (χ3n) is 3.82. The van der Waals surface area contributed by atoms with Gasteiger partial charge in [-0.05, 0) is 30.9 Å². The zero-order chi connectivity index (χ0) is 14.1. The molecule has 2 aliphatic rings. The van der Waals surface area contributed by atoms with Crippen LogP contribution < -0.4 is 5.32 Å². The van der Waals surface area contributed by atoms with Crippen LogP contribution in [0.25, 0.3) is 0 Å². The van der Waals surface area contributed by atoms with E-state index >= 15 is 0 Å². The fourth-order valence-corrected chi connectivity index (χ4v) is 4.46. The van der Waals surface area contributed by atoms with E-state index in [2.05, 4.69) is 5.32 Å². The van der Waals surface area contributed by atoms with Gasteiger partial charge in [-0.25, -0.2) is 4.39 Å². The van der Waals surface area contributed by atoms with Gasteiger partial charge in [-0.2, -0.15) is 0 Å². The Balaban J connectivity index is 1.80. The lowest BCUT2D eigenvalue weighted by Crippen LogP contribution is -2.31. The minimum atomic E-state index is -0.434. The van der Waals surface area contributed by atoms with E-state index in [4.69, 9.17) is 28.2 Å². The number of amidine groups is 1. The number of benzene rings is 1. The van der Waals surface area contributed by atoms with Gasteiger partial charge in [0.2, 0.25) is 0 Å². The van der Waals surface area contributed by atoms with Crippen LogP contribution in [-0.2, 0) is 0 Å². The summed E-state index contributed by atoms with van der Waals surface area (Å²) >= 11 is 13.8. The van der Waals surface area contributed by atoms with Crippen molar-refractivity contribution in [1.29, 1.82) is 0 Å². The highest BCUT2D eigenvalue weighted by atomic mass is 35.5. The molecule has 108 valence electrons. The molecule has 0 bridgehead atoms. The molecule has 0 amide bonds. The van der Waals surface area contributed by atoms with Gasteiger partial charge in [0, 0.05) is 5.75 Å². The molecule has 1 aliphatic carbocycles. The van der Waals surface area contributed by atoms with E-state index in [9.17, 15) is 4.39 Å². The normalized spacial score (nSPS) is 25.9. The number of rotatable bonds is 1. The van der Waals surface area contributed by atoms with E-state index in [1.54, 1.807) is 11.8 Å². The summed E-state index contributed by atoms with van der Waals surface area (Å²) in [5.41, 5.74) is 0.537. The maximum absolute atomic E-state index is 13.2. The molecule has 0 aromatic heterocycles. The molecule has 6 heteroatoms. The Morgan fingerprint density at radius 2 is 1.90 bits per heavy atom. The second-order valence-corrected chi connectivity index (χ2v) is 7.05. The van der Waals surface area contributed by atoms with Crippen LogP contribution in [0.1, 0.15) is 25.7 Å². The quantitative estimate of drug-likeness (QED) is 0.763. The SMILES string of the molecule is Fc1cc(Cl)c(NC2=NC3CCCCC3CS2)c(Cl)c1. The molecule has 20 heavy (non-hydrogen) atoms. The smallest absolute Gasteiger partial charge is 0.161 e. The van der Waals surface area contributed by atoms with Gasteiger partial charge >= 0.3 is 0 Å². The topological polar surface area (TPSA) is 24.4 Å². The summed E-state index contributed by atoms with van der Waals surface area (Å²) in [6.45, 7) is 0. The van der Waals surface area contributed by atoms with E-state index in [-0.39, 0.29) is 10.0 Å². The first-order valence-electron chi connectivity index (χ1n) is 6.75. The molecule has 1 fully saturated rings. The van der Waals surface area contributed by atoms with Crippen molar-refractivity contribution in [2.75, 3.05) is 11.1 Å². The van der Waals surface area contributed by atoms with Gasteiger partial charge in [-0.3, -0.25) is 4.99 Å². The lowest BCUT2D eigenvalue weighted by molar-refractivity contribution is 0.336. The minimum Gasteiger partial charge on any atom is -0.333 e. The molecule has 1 saturated carbocycles. The second kappa shape index (κ2) is 6.12. The number of halogens is 3. The summed E-state index contributed by atoms with van der Waals surface area (Å²) in [7, 11) is 0. The number of hydrogen-bond donors (Lipinski definition) is 1. The van der Waals surface area contributed by atoms with Crippen LogP contribution in [0.5, 0.6) is 0 Å². The molecule has 0 radical (unpaired) electrons. The first-order chi connectivity index (χ1) is 9.63. The largest absolute Gasteiger partial charge is 0.333 e. The van der Waals surface area contributed by atoms with Crippen LogP contribution in [0.3, 0.4) is 0 Å². The number of nitrogens with one attached hydrogen (secondary N) is 1. The van der Waals surface area contributed by atoms with Gasteiger partial charge in [0.1, 0.15) is 5.82 Å². The first kappa shape index (κ1) is 14.5. The van der Waals surface area contributed by atoms with Crippen molar-refractivity contribution in [3.8, 4) is 0 Å². The zero-order valence-corrected chi connectivity index (χ0v) is 13.2. The van der Waals surface area contributed by atoms with Crippen LogP contribution in [0, 0.1) is 11.7 Å². The lowest BCUT2D eigenvalue weighted by Gasteiger charge is -2.32. The van der Waals surface area contributed by atoms with Crippen molar-refractivity contribution < 1.29 is 4.39 Å². The Morgan fingerprint density at radius 1 is 1.20 bits per heavy atom. The third kappa shape index (κ3) is 3.07. The molecule has 2 atom stereocenters. The first-order valence-corrected chi connectivity index (χ1v) is 8.50. The molecular weight excluding hydrogens is 318 g/mol. The Hall–Kier alpha value is -0.450. The maximum Gasteiger partial charge on any atom is 0.161 e. The number of aliphatic imine (C=N–C) groups is 1. The Kier molecular flexibility index (Phi) is 4.43. The minimum absolute atomic E-state index is 0.282. The number of hydrogen-bond acceptors (Lipinski definition) is 3. The molecule has 3 rings (SSSR count). The predicted molar refractivity (Wildman–Crippen MR) is 85.7 cm³/mol. The highest BCUT2D eigenvalue weighted by Gasteiger charge is 2.29. The molecule has 1 N–H and O–H groups in total. The van der Waals surface area contributed by atoms with Crippen molar-refractivity contribution in [2.45, 2.75) is 31.7 Å². The Labute approximate surface area is 132 Å². The number of nitrogens with zero attached hydrogens (tertiary/aromatic N) is 1. The van der Waals surface area contributed by atoms with Crippen LogP contribution >= 0.6 is 35.0 Å². The van der Waals surface area contributed by atoms with E-state index in [0.29, 0.717) is 17.6 Å². The summed E-state index contributed by atoms with van der Waals surface area (Å²) in [6, 6.07) is 2.92. The third-order valence-corrected chi connectivity index (χ3v) is 5.50. The summed E-state index contributed by atoms with van der Waals surface area (Å²) in [4.78, 5) is 4.76. The molecular formula is C14H15Cl2FN2S. The zero-order valence-electron chi connectivity index (χ0n) is 10.8. The summed E-state index contributed by atoms with van der Waals surface area (Å²) < 4.78 is 13.2. The Morgan fingerprint density at radius 3 is 2.65 bits per heavy atom. The van der Waals surface area contributed by atoms with Crippen LogP contribution in [-0.4, -0.2) is 17.0 Å². The van der Waals surface area contributed by atoms with E-state index < -0.39 is 5.82 Å². The predicted octanol–water partition coefficient (Wildman–Crippen LogP) is 5.21. The number of thioether (sulfide) groups is 1. The van der Waals surface area contributed by atoms with Gasteiger partial charge in [0.15, 0.2) is 5.17 Å². The van der Waals surface area contributed by atoms with Crippen molar-refractivity contribution in [3.05, 3.63) is 28.0 Å². The summed E-state index contributed by atoms with van der Waals surface area (Å²) in [6.07, 6.45) is 4.99. The summed E-state index contributed by atoms with van der Waals surface area (Å²) in [5, 5.41) is 4.56. The molecule has 2 unspecified atom stereocenters. The highest BCUT2D eigenvalue weighted by Crippen LogP contribution is 2.36. The van der Waals surface area contributed by atoms with Gasteiger partial charge in [0.25, 0.3) is 0 Å². The molecule has 1 heterocycles. The van der Waals surface area contributed by atoms with E-state index in [0.717, 1.165) is 17.3 Å². The average Bonchev–Trinajstić information content (AvgIpc) is 2.42. The van der Waals surface area contributed by atoms with Crippen LogP contribution in [0.4, 0.5) is 10.1 Å². The molecule has 2 nitrogen and oxygen atoms in total.